The van der Waals surface area contributed by atoms with Crippen LogP contribution in [0, 0.1) is 12.3 Å². The lowest BCUT2D eigenvalue weighted by atomic mass is 9.95. The molecule has 1 aromatic carbocycles. The summed E-state index contributed by atoms with van der Waals surface area (Å²) in [5, 5.41) is 1.16. The topological polar surface area (TPSA) is 33.2 Å². The van der Waals surface area contributed by atoms with Gasteiger partial charge in [0.05, 0.1) is 5.52 Å². The van der Waals surface area contributed by atoms with Crippen LogP contribution in [0.15, 0.2) is 24.3 Å². The minimum atomic E-state index is -0.370. The van der Waals surface area contributed by atoms with E-state index >= 15 is 0 Å². The Hall–Kier alpha value is -1.90. The number of hydrogen-bond donors (Lipinski definition) is 0. The molecule has 2 heterocycles. The second-order valence-corrected chi connectivity index (χ2v) is 6.62. The summed E-state index contributed by atoms with van der Waals surface area (Å²) in [7, 11) is 0. The third-order valence-corrected chi connectivity index (χ3v) is 3.77. The van der Waals surface area contributed by atoms with Crippen molar-refractivity contribution in [3.05, 3.63) is 35.4 Å². The number of hydrogen-bond acceptors (Lipinski definition) is 2. The standard InChI is InChI=1S/C17H20N2O/c1-11-5-6-14-13(9-11)10-12-7-8-19(15(12)18-14)16(20)17(2,3)4/h5-6,9-10H,7-8H2,1-4H3. The lowest BCUT2D eigenvalue weighted by molar-refractivity contribution is -0.125. The highest BCUT2D eigenvalue weighted by molar-refractivity contribution is 5.99. The monoisotopic (exact) mass is 268 g/mol. The van der Waals surface area contributed by atoms with Crippen LogP contribution >= 0.6 is 0 Å². The van der Waals surface area contributed by atoms with Crippen molar-refractivity contribution in [1.82, 2.24) is 4.98 Å². The van der Waals surface area contributed by atoms with Gasteiger partial charge in [-0.25, -0.2) is 4.98 Å². The number of pyridine rings is 1. The Kier molecular flexibility index (Phi) is 2.82. The lowest BCUT2D eigenvalue weighted by Crippen LogP contribution is -2.38. The van der Waals surface area contributed by atoms with Crippen LogP contribution in [0.25, 0.3) is 10.9 Å². The molecule has 1 amide bonds. The summed E-state index contributed by atoms with van der Waals surface area (Å²) in [4.78, 5) is 19.1. The van der Waals surface area contributed by atoms with Crippen molar-refractivity contribution < 1.29 is 4.79 Å². The molecule has 1 aromatic heterocycles. The fourth-order valence-corrected chi connectivity index (χ4v) is 2.69. The third-order valence-electron chi connectivity index (χ3n) is 3.77. The molecule has 0 spiro atoms. The van der Waals surface area contributed by atoms with Gasteiger partial charge in [0, 0.05) is 17.3 Å². The number of amides is 1. The fourth-order valence-electron chi connectivity index (χ4n) is 2.69. The Morgan fingerprint density at radius 1 is 1.25 bits per heavy atom. The Balaban J connectivity index is 2.10. The van der Waals surface area contributed by atoms with Crippen LogP contribution in [0.3, 0.4) is 0 Å². The van der Waals surface area contributed by atoms with Crippen molar-refractivity contribution >= 4 is 22.6 Å². The van der Waals surface area contributed by atoms with E-state index in [0.29, 0.717) is 0 Å². The van der Waals surface area contributed by atoms with Crippen molar-refractivity contribution in [1.29, 1.82) is 0 Å². The van der Waals surface area contributed by atoms with E-state index in [0.717, 1.165) is 29.7 Å². The van der Waals surface area contributed by atoms with Crippen LogP contribution in [0.4, 0.5) is 5.82 Å². The average molecular weight is 268 g/mol. The van der Waals surface area contributed by atoms with Gasteiger partial charge >= 0.3 is 0 Å². The normalized spacial score (nSPS) is 14.7. The number of carbonyl (C=O) groups excluding carboxylic acids is 1. The molecule has 0 N–H and O–H groups in total. The van der Waals surface area contributed by atoms with Gasteiger partial charge in [-0.05, 0) is 37.1 Å². The zero-order valence-electron chi connectivity index (χ0n) is 12.5. The molecule has 3 rings (SSSR count). The first-order valence-corrected chi connectivity index (χ1v) is 7.08. The smallest absolute Gasteiger partial charge is 0.233 e. The molecule has 3 nitrogen and oxygen atoms in total. The molecular weight excluding hydrogens is 248 g/mol. The summed E-state index contributed by atoms with van der Waals surface area (Å²) in [5.74, 6) is 0.997. The van der Waals surface area contributed by atoms with E-state index < -0.39 is 0 Å². The zero-order chi connectivity index (χ0) is 14.5. The van der Waals surface area contributed by atoms with Gasteiger partial charge in [-0.2, -0.15) is 0 Å². The first-order chi connectivity index (χ1) is 9.36. The van der Waals surface area contributed by atoms with Gasteiger partial charge in [0.25, 0.3) is 0 Å². The van der Waals surface area contributed by atoms with E-state index in [1.165, 1.54) is 11.1 Å². The van der Waals surface area contributed by atoms with E-state index in [-0.39, 0.29) is 11.3 Å². The summed E-state index contributed by atoms with van der Waals surface area (Å²) in [6.45, 7) is 8.70. The van der Waals surface area contributed by atoms with E-state index in [1.807, 2.05) is 31.7 Å². The van der Waals surface area contributed by atoms with Crippen LogP contribution in [0.1, 0.15) is 31.9 Å². The van der Waals surface area contributed by atoms with E-state index in [9.17, 15) is 4.79 Å². The van der Waals surface area contributed by atoms with Gasteiger partial charge < -0.3 is 0 Å². The van der Waals surface area contributed by atoms with Gasteiger partial charge in [0.2, 0.25) is 5.91 Å². The quantitative estimate of drug-likeness (QED) is 0.733. The van der Waals surface area contributed by atoms with E-state index in [4.69, 9.17) is 4.98 Å². The summed E-state index contributed by atoms with van der Waals surface area (Å²) in [5.41, 5.74) is 3.01. The number of anilines is 1. The van der Waals surface area contributed by atoms with Crippen LogP contribution in [0.2, 0.25) is 0 Å². The van der Waals surface area contributed by atoms with Gasteiger partial charge in [-0.15, -0.1) is 0 Å². The highest BCUT2D eigenvalue weighted by Crippen LogP contribution is 2.32. The fraction of sp³-hybridized carbons (Fsp3) is 0.412. The molecule has 20 heavy (non-hydrogen) atoms. The van der Waals surface area contributed by atoms with Crippen molar-refractivity contribution in [2.24, 2.45) is 5.41 Å². The molecule has 1 aliphatic heterocycles. The maximum atomic E-state index is 12.5. The molecule has 0 radical (unpaired) electrons. The van der Waals surface area contributed by atoms with Crippen molar-refractivity contribution in [2.45, 2.75) is 34.1 Å². The molecule has 1 aliphatic rings. The highest BCUT2D eigenvalue weighted by Gasteiger charge is 2.33. The van der Waals surface area contributed by atoms with Crippen molar-refractivity contribution in [3.63, 3.8) is 0 Å². The Morgan fingerprint density at radius 3 is 2.70 bits per heavy atom. The minimum absolute atomic E-state index is 0.148. The molecule has 0 aliphatic carbocycles. The molecule has 2 aromatic rings. The van der Waals surface area contributed by atoms with Gasteiger partial charge in [0.15, 0.2) is 0 Å². The van der Waals surface area contributed by atoms with Crippen LogP contribution in [-0.4, -0.2) is 17.4 Å². The number of fused-ring (bicyclic) bond motifs is 2. The number of aromatic nitrogens is 1. The molecule has 0 unspecified atom stereocenters. The molecule has 0 atom stereocenters. The average Bonchev–Trinajstić information content (AvgIpc) is 2.76. The lowest BCUT2D eigenvalue weighted by Gasteiger charge is -2.25. The Labute approximate surface area is 119 Å². The minimum Gasteiger partial charge on any atom is -0.296 e. The maximum Gasteiger partial charge on any atom is 0.233 e. The van der Waals surface area contributed by atoms with Crippen LogP contribution in [-0.2, 0) is 11.2 Å². The van der Waals surface area contributed by atoms with Crippen molar-refractivity contribution in [2.75, 3.05) is 11.4 Å². The number of nitrogens with zero attached hydrogens (tertiary/aromatic N) is 2. The summed E-state index contributed by atoms with van der Waals surface area (Å²) < 4.78 is 0. The molecule has 0 saturated heterocycles. The number of benzene rings is 1. The highest BCUT2D eigenvalue weighted by atomic mass is 16.2. The third kappa shape index (κ3) is 2.07. The predicted octanol–water partition coefficient (Wildman–Crippen LogP) is 3.48. The number of carbonyl (C=O) groups is 1. The van der Waals surface area contributed by atoms with Crippen molar-refractivity contribution in [3.8, 4) is 0 Å². The first-order valence-electron chi connectivity index (χ1n) is 7.08. The summed E-state index contributed by atoms with van der Waals surface area (Å²) in [6, 6.07) is 8.42. The van der Waals surface area contributed by atoms with Gasteiger partial charge in [0.1, 0.15) is 5.82 Å². The van der Waals surface area contributed by atoms with E-state index in [2.05, 4.69) is 25.1 Å². The first kappa shape index (κ1) is 13.1. The molecule has 104 valence electrons. The second kappa shape index (κ2) is 4.30. The molecule has 0 fully saturated rings. The maximum absolute atomic E-state index is 12.5. The number of rotatable bonds is 0. The molecule has 3 heteroatoms. The molecule has 0 bridgehead atoms. The SMILES string of the molecule is Cc1ccc2nc3c(cc2c1)CCN3C(=O)C(C)(C)C. The summed E-state index contributed by atoms with van der Waals surface area (Å²) >= 11 is 0. The Morgan fingerprint density at radius 2 is 2.00 bits per heavy atom. The van der Waals surface area contributed by atoms with Gasteiger partial charge in [-0.3, -0.25) is 9.69 Å². The predicted molar refractivity (Wildman–Crippen MR) is 82.0 cm³/mol. The van der Waals surface area contributed by atoms with Crippen LogP contribution < -0.4 is 4.90 Å². The van der Waals surface area contributed by atoms with Gasteiger partial charge in [-0.1, -0.05) is 32.4 Å². The number of aryl methyl sites for hydroxylation is 1. The zero-order valence-corrected chi connectivity index (χ0v) is 12.5. The van der Waals surface area contributed by atoms with E-state index in [1.54, 1.807) is 0 Å². The molecule has 0 saturated carbocycles. The second-order valence-electron chi connectivity index (χ2n) is 6.62. The summed E-state index contributed by atoms with van der Waals surface area (Å²) in [6.07, 6.45) is 0.897. The van der Waals surface area contributed by atoms with Crippen LogP contribution in [0.5, 0.6) is 0 Å². The molecular formula is C17H20N2O. The Bertz CT molecular complexity index is 698. The largest absolute Gasteiger partial charge is 0.296 e.